The molecule has 120 valence electrons. The number of rotatable bonds is 14. The van der Waals surface area contributed by atoms with E-state index in [0.29, 0.717) is 38.8 Å². The summed E-state index contributed by atoms with van der Waals surface area (Å²) in [6.07, 6.45) is 0.864. The molecule has 0 aromatic rings. The number of hydrogen-bond acceptors (Lipinski definition) is 7. The molecule has 0 aromatic heterocycles. The second-order valence-electron chi connectivity index (χ2n) is 4.01. The van der Waals surface area contributed by atoms with Crippen molar-refractivity contribution in [3.05, 3.63) is 0 Å². The van der Waals surface area contributed by atoms with E-state index >= 15 is 0 Å². The minimum atomic E-state index is -0.201. The molecule has 0 aromatic carbocycles. The molecule has 0 bridgehead atoms. The summed E-state index contributed by atoms with van der Waals surface area (Å²) < 4.78 is 25.4. The SMILES string of the molecule is COCCOC(=O)CSCCCOCC(COC)OC. The van der Waals surface area contributed by atoms with Gasteiger partial charge in [-0.2, -0.15) is 11.8 Å². The number of esters is 1. The number of hydrogen-bond donors (Lipinski definition) is 0. The van der Waals surface area contributed by atoms with Crippen LogP contribution < -0.4 is 0 Å². The first kappa shape index (κ1) is 19.7. The molecule has 20 heavy (non-hydrogen) atoms. The fourth-order valence-corrected chi connectivity index (χ4v) is 2.00. The average molecular weight is 310 g/mol. The van der Waals surface area contributed by atoms with Crippen molar-refractivity contribution in [2.24, 2.45) is 0 Å². The summed E-state index contributed by atoms with van der Waals surface area (Å²) in [5, 5.41) is 0. The van der Waals surface area contributed by atoms with E-state index < -0.39 is 0 Å². The maximum Gasteiger partial charge on any atom is 0.315 e. The van der Waals surface area contributed by atoms with Crippen LogP contribution in [-0.4, -0.2) is 77.9 Å². The maximum atomic E-state index is 11.2. The van der Waals surface area contributed by atoms with Crippen LogP contribution in [0.25, 0.3) is 0 Å². The summed E-state index contributed by atoms with van der Waals surface area (Å²) >= 11 is 1.54. The summed E-state index contributed by atoms with van der Waals surface area (Å²) in [5.41, 5.74) is 0. The first-order chi connectivity index (χ1) is 9.74. The average Bonchev–Trinajstić information content (AvgIpc) is 2.45. The van der Waals surface area contributed by atoms with E-state index in [0.717, 1.165) is 12.2 Å². The molecule has 0 saturated carbocycles. The number of carbonyl (C=O) groups is 1. The third kappa shape index (κ3) is 12.7. The van der Waals surface area contributed by atoms with Crippen LogP contribution in [0.15, 0.2) is 0 Å². The lowest BCUT2D eigenvalue weighted by Crippen LogP contribution is -2.23. The van der Waals surface area contributed by atoms with Crippen molar-refractivity contribution >= 4 is 17.7 Å². The van der Waals surface area contributed by atoms with Gasteiger partial charge in [-0.25, -0.2) is 0 Å². The Hall–Kier alpha value is -0.340. The second kappa shape index (κ2) is 15.1. The predicted molar refractivity (Wildman–Crippen MR) is 78.3 cm³/mol. The second-order valence-corrected chi connectivity index (χ2v) is 5.11. The van der Waals surface area contributed by atoms with Crippen molar-refractivity contribution in [3.63, 3.8) is 0 Å². The molecular formula is C13H26O6S. The van der Waals surface area contributed by atoms with Gasteiger partial charge in [0, 0.05) is 27.9 Å². The standard InChI is InChI=1S/C13H26O6S/c1-15-6-7-19-13(14)11-20-8-4-5-18-10-12(17-3)9-16-2/h12H,4-11H2,1-3H3. The van der Waals surface area contributed by atoms with Gasteiger partial charge < -0.3 is 23.7 Å². The Morgan fingerprint density at radius 1 is 1.05 bits per heavy atom. The molecule has 0 aliphatic carbocycles. The summed E-state index contributed by atoms with van der Waals surface area (Å²) in [4.78, 5) is 11.2. The van der Waals surface area contributed by atoms with Gasteiger partial charge in [-0.05, 0) is 12.2 Å². The molecular weight excluding hydrogens is 284 g/mol. The van der Waals surface area contributed by atoms with Crippen molar-refractivity contribution in [2.45, 2.75) is 12.5 Å². The highest BCUT2D eigenvalue weighted by Crippen LogP contribution is 2.04. The number of methoxy groups -OCH3 is 3. The molecule has 0 heterocycles. The van der Waals surface area contributed by atoms with Crippen LogP contribution in [0.4, 0.5) is 0 Å². The highest BCUT2D eigenvalue weighted by molar-refractivity contribution is 7.99. The molecule has 1 atom stereocenters. The molecule has 1 unspecified atom stereocenters. The van der Waals surface area contributed by atoms with Gasteiger partial charge in [-0.3, -0.25) is 4.79 Å². The maximum absolute atomic E-state index is 11.2. The number of carbonyl (C=O) groups excluding carboxylic acids is 1. The van der Waals surface area contributed by atoms with Crippen LogP contribution in [0.5, 0.6) is 0 Å². The van der Waals surface area contributed by atoms with E-state index in [1.165, 1.54) is 0 Å². The lowest BCUT2D eigenvalue weighted by Gasteiger charge is -2.14. The first-order valence-electron chi connectivity index (χ1n) is 6.56. The Morgan fingerprint density at radius 3 is 2.50 bits per heavy atom. The molecule has 0 fully saturated rings. The zero-order valence-corrected chi connectivity index (χ0v) is 13.4. The Labute approximate surface area is 125 Å². The molecule has 0 saturated heterocycles. The third-order valence-corrected chi connectivity index (χ3v) is 3.35. The molecule has 0 rings (SSSR count). The largest absolute Gasteiger partial charge is 0.463 e. The van der Waals surface area contributed by atoms with Gasteiger partial charge >= 0.3 is 5.97 Å². The summed E-state index contributed by atoms with van der Waals surface area (Å²) in [6, 6.07) is 0. The smallest absolute Gasteiger partial charge is 0.315 e. The third-order valence-electron chi connectivity index (χ3n) is 2.34. The van der Waals surface area contributed by atoms with E-state index in [9.17, 15) is 4.79 Å². The van der Waals surface area contributed by atoms with Crippen LogP contribution in [0, 0.1) is 0 Å². The van der Waals surface area contributed by atoms with E-state index in [2.05, 4.69) is 0 Å². The van der Waals surface area contributed by atoms with Gasteiger partial charge in [-0.1, -0.05) is 0 Å². The van der Waals surface area contributed by atoms with E-state index in [-0.39, 0.29) is 12.1 Å². The van der Waals surface area contributed by atoms with Gasteiger partial charge in [-0.15, -0.1) is 0 Å². The van der Waals surface area contributed by atoms with E-state index in [4.69, 9.17) is 23.7 Å². The molecule has 0 amide bonds. The Bertz CT molecular complexity index is 227. The van der Waals surface area contributed by atoms with E-state index in [1.807, 2.05) is 0 Å². The first-order valence-corrected chi connectivity index (χ1v) is 7.71. The summed E-state index contributed by atoms with van der Waals surface area (Å²) in [5.74, 6) is 1.03. The highest BCUT2D eigenvalue weighted by atomic mass is 32.2. The van der Waals surface area contributed by atoms with Crippen molar-refractivity contribution < 1.29 is 28.5 Å². The van der Waals surface area contributed by atoms with Crippen molar-refractivity contribution in [1.82, 2.24) is 0 Å². The number of ether oxygens (including phenoxy) is 5. The monoisotopic (exact) mass is 310 g/mol. The van der Waals surface area contributed by atoms with Crippen LogP contribution in [0.3, 0.4) is 0 Å². The lowest BCUT2D eigenvalue weighted by atomic mass is 10.4. The Balaban J connectivity index is 3.29. The normalized spacial score (nSPS) is 12.3. The summed E-state index contributed by atoms with van der Waals surface area (Å²) in [7, 11) is 4.84. The Kier molecular flexibility index (Phi) is 14.8. The van der Waals surface area contributed by atoms with Crippen molar-refractivity contribution in [2.75, 3.05) is 65.9 Å². The van der Waals surface area contributed by atoms with Crippen LogP contribution in [0.1, 0.15) is 6.42 Å². The fourth-order valence-electron chi connectivity index (χ4n) is 1.28. The minimum absolute atomic E-state index is 0.0246. The molecule has 7 heteroatoms. The predicted octanol–water partition coefficient (Wildman–Crippen LogP) is 0.977. The van der Waals surface area contributed by atoms with Gasteiger partial charge in [0.05, 0.1) is 25.6 Å². The molecule has 6 nitrogen and oxygen atoms in total. The van der Waals surface area contributed by atoms with Gasteiger partial charge in [0.15, 0.2) is 0 Å². The molecule has 0 aliphatic heterocycles. The quantitative estimate of drug-likeness (QED) is 0.350. The zero-order valence-electron chi connectivity index (χ0n) is 12.6. The van der Waals surface area contributed by atoms with Gasteiger partial charge in [0.25, 0.3) is 0 Å². The molecule has 0 N–H and O–H groups in total. The van der Waals surface area contributed by atoms with Crippen molar-refractivity contribution in [3.8, 4) is 0 Å². The zero-order chi connectivity index (χ0) is 15.1. The van der Waals surface area contributed by atoms with Gasteiger partial charge in [0.2, 0.25) is 0 Å². The molecule has 0 spiro atoms. The van der Waals surface area contributed by atoms with Crippen molar-refractivity contribution in [1.29, 1.82) is 0 Å². The molecule has 0 radical (unpaired) electrons. The lowest BCUT2D eigenvalue weighted by molar-refractivity contribution is -0.141. The van der Waals surface area contributed by atoms with Gasteiger partial charge in [0.1, 0.15) is 12.7 Å². The minimum Gasteiger partial charge on any atom is -0.463 e. The highest BCUT2D eigenvalue weighted by Gasteiger charge is 2.06. The topological polar surface area (TPSA) is 63.2 Å². The van der Waals surface area contributed by atoms with Crippen LogP contribution in [0.2, 0.25) is 0 Å². The molecule has 0 aliphatic rings. The van der Waals surface area contributed by atoms with Crippen LogP contribution in [-0.2, 0) is 28.5 Å². The van der Waals surface area contributed by atoms with Crippen LogP contribution >= 0.6 is 11.8 Å². The fraction of sp³-hybridized carbons (Fsp3) is 0.923. The number of thioether (sulfide) groups is 1. The summed E-state index contributed by atoms with van der Waals surface area (Å²) in [6.45, 7) is 2.45. The Morgan fingerprint density at radius 2 is 1.85 bits per heavy atom. The van der Waals surface area contributed by atoms with E-state index in [1.54, 1.807) is 33.1 Å².